The average Bonchev–Trinajstić information content (AvgIpc) is 3.35. The van der Waals surface area contributed by atoms with Gasteiger partial charge in [-0.15, -0.1) is 11.3 Å². The topological polar surface area (TPSA) is 61.6 Å². The molecule has 1 N–H and O–H groups in total. The number of rotatable bonds is 4. The summed E-state index contributed by atoms with van der Waals surface area (Å²) in [6, 6.07) is 4.31. The zero-order valence-corrected chi connectivity index (χ0v) is 15.8. The number of urea groups is 1. The molecule has 1 saturated carbocycles. The third-order valence-electron chi connectivity index (χ3n) is 5.28. The van der Waals surface area contributed by atoms with Crippen molar-refractivity contribution in [2.45, 2.75) is 44.7 Å². The van der Waals surface area contributed by atoms with Crippen molar-refractivity contribution < 1.29 is 9.21 Å². The predicted molar refractivity (Wildman–Crippen MR) is 102 cm³/mol. The smallest absolute Gasteiger partial charge is 0.317 e. The third-order valence-corrected chi connectivity index (χ3v) is 6.11. The fourth-order valence-corrected chi connectivity index (χ4v) is 4.56. The number of carbonyl (C=O) groups excluding carboxylic acids is 1. The van der Waals surface area contributed by atoms with Crippen LogP contribution in [0.3, 0.4) is 0 Å². The normalized spacial score (nSPS) is 19.6. The molecule has 1 saturated heterocycles. The Balaban J connectivity index is 1.24. The first-order chi connectivity index (χ1) is 12.8. The number of furan rings is 1. The number of hydrogen-bond acceptors (Lipinski definition) is 5. The number of aromatic nitrogens is 1. The molecule has 2 aromatic rings. The summed E-state index contributed by atoms with van der Waals surface area (Å²) in [5.74, 6) is 0.816. The van der Waals surface area contributed by atoms with Gasteiger partial charge in [-0.2, -0.15) is 0 Å². The fourth-order valence-electron chi connectivity index (χ4n) is 3.73. The third kappa shape index (κ3) is 4.27. The van der Waals surface area contributed by atoms with E-state index >= 15 is 0 Å². The molecule has 3 heterocycles. The van der Waals surface area contributed by atoms with Gasteiger partial charge in [-0.25, -0.2) is 9.78 Å². The Morgan fingerprint density at radius 3 is 2.77 bits per heavy atom. The minimum Gasteiger partial charge on any atom is -0.463 e. The molecule has 6 nitrogen and oxygen atoms in total. The van der Waals surface area contributed by atoms with Crippen LogP contribution >= 0.6 is 11.3 Å². The van der Waals surface area contributed by atoms with E-state index < -0.39 is 0 Å². The number of hydrogen-bond donors (Lipinski definition) is 1. The van der Waals surface area contributed by atoms with Gasteiger partial charge in [-0.05, 0) is 25.0 Å². The summed E-state index contributed by atoms with van der Waals surface area (Å²) in [6.07, 6.45) is 7.73. The Labute approximate surface area is 158 Å². The molecule has 1 aliphatic heterocycles. The van der Waals surface area contributed by atoms with Crippen LogP contribution in [0.4, 0.5) is 4.79 Å². The highest BCUT2D eigenvalue weighted by atomic mass is 32.1. The highest BCUT2D eigenvalue weighted by Gasteiger charge is 2.24. The number of amides is 2. The van der Waals surface area contributed by atoms with Gasteiger partial charge in [0, 0.05) is 37.6 Å². The molecule has 140 valence electrons. The molecular formula is C19H26N4O2S. The molecule has 2 fully saturated rings. The second kappa shape index (κ2) is 8.22. The minimum absolute atomic E-state index is 0.117. The van der Waals surface area contributed by atoms with Crippen molar-refractivity contribution in [2.75, 3.05) is 26.2 Å². The van der Waals surface area contributed by atoms with E-state index in [1.54, 1.807) is 17.6 Å². The maximum absolute atomic E-state index is 12.4. The zero-order valence-electron chi connectivity index (χ0n) is 15.0. The SMILES string of the molecule is O=C(NC1CCCCC1)N1CCN(Cc2nc(-c3ccco3)cs2)CC1. The van der Waals surface area contributed by atoms with Gasteiger partial charge >= 0.3 is 6.03 Å². The van der Waals surface area contributed by atoms with E-state index in [4.69, 9.17) is 4.42 Å². The summed E-state index contributed by atoms with van der Waals surface area (Å²) in [4.78, 5) is 21.4. The Kier molecular flexibility index (Phi) is 5.55. The van der Waals surface area contributed by atoms with Crippen LogP contribution in [0.15, 0.2) is 28.2 Å². The van der Waals surface area contributed by atoms with E-state index in [1.165, 1.54) is 19.3 Å². The lowest BCUT2D eigenvalue weighted by Gasteiger charge is -2.35. The first-order valence-corrected chi connectivity index (χ1v) is 10.4. The maximum atomic E-state index is 12.4. The van der Waals surface area contributed by atoms with E-state index in [0.29, 0.717) is 6.04 Å². The van der Waals surface area contributed by atoms with Gasteiger partial charge in [-0.3, -0.25) is 4.90 Å². The molecule has 2 amide bonds. The van der Waals surface area contributed by atoms with Crippen molar-refractivity contribution >= 4 is 17.4 Å². The predicted octanol–water partition coefficient (Wildman–Crippen LogP) is 3.56. The van der Waals surface area contributed by atoms with Crippen molar-refractivity contribution in [3.05, 3.63) is 28.8 Å². The lowest BCUT2D eigenvalue weighted by Crippen LogP contribution is -2.53. The van der Waals surface area contributed by atoms with Gasteiger partial charge in [0.15, 0.2) is 5.76 Å². The molecule has 7 heteroatoms. The van der Waals surface area contributed by atoms with Crippen LogP contribution in [-0.2, 0) is 6.54 Å². The fraction of sp³-hybridized carbons (Fsp3) is 0.579. The molecule has 0 radical (unpaired) electrons. The minimum atomic E-state index is 0.117. The van der Waals surface area contributed by atoms with E-state index in [0.717, 1.165) is 62.0 Å². The molecule has 0 bridgehead atoms. The molecule has 0 aromatic carbocycles. The van der Waals surface area contributed by atoms with Gasteiger partial charge < -0.3 is 14.6 Å². The molecule has 2 aromatic heterocycles. The van der Waals surface area contributed by atoms with Gasteiger partial charge in [-0.1, -0.05) is 19.3 Å². The molecule has 4 rings (SSSR count). The Morgan fingerprint density at radius 2 is 2.04 bits per heavy atom. The van der Waals surface area contributed by atoms with Crippen LogP contribution in [0, 0.1) is 0 Å². The van der Waals surface area contributed by atoms with Crippen LogP contribution in [0.1, 0.15) is 37.1 Å². The van der Waals surface area contributed by atoms with Crippen LogP contribution in [-0.4, -0.2) is 53.0 Å². The Bertz CT molecular complexity index is 701. The van der Waals surface area contributed by atoms with E-state index in [2.05, 4.69) is 15.2 Å². The van der Waals surface area contributed by atoms with Crippen molar-refractivity contribution in [3.8, 4) is 11.5 Å². The zero-order chi connectivity index (χ0) is 17.8. The van der Waals surface area contributed by atoms with Crippen LogP contribution < -0.4 is 5.32 Å². The van der Waals surface area contributed by atoms with Crippen molar-refractivity contribution in [1.29, 1.82) is 0 Å². The second-order valence-corrected chi connectivity index (χ2v) is 8.09. The van der Waals surface area contributed by atoms with Crippen LogP contribution in [0.25, 0.3) is 11.5 Å². The summed E-state index contributed by atoms with van der Waals surface area (Å²) < 4.78 is 5.41. The van der Waals surface area contributed by atoms with Crippen LogP contribution in [0.2, 0.25) is 0 Å². The van der Waals surface area contributed by atoms with Crippen LogP contribution in [0.5, 0.6) is 0 Å². The van der Waals surface area contributed by atoms with Crippen molar-refractivity contribution in [1.82, 2.24) is 20.1 Å². The largest absolute Gasteiger partial charge is 0.463 e. The molecule has 2 aliphatic rings. The molecule has 1 aliphatic carbocycles. The summed E-state index contributed by atoms with van der Waals surface area (Å²) in [5, 5.41) is 6.36. The number of thiazole rings is 1. The molecule has 0 unspecified atom stereocenters. The highest BCUT2D eigenvalue weighted by molar-refractivity contribution is 7.09. The van der Waals surface area contributed by atoms with Gasteiger partial charge in [0.1, 0.15) is 10.7 Å². The van der Waals surface area contributed by atoms with Crippen molar-refractivity contribution in [3.63, 3.8) is 0 Å². The van der Waals surface area contributed by atoms with E-state index in [1.807, 2.05) is 22.4 Å². The molecule has 0 spiro atoms. The summed E-state index contributed by atoms with van der Waals surface area (Å²) in [5.41, 5.74) is 0.903. The van der Waals surface area contributed by atoms with Crippen molar-refractivity contribution in [2.24, 2.45) is 0 Å². The second-order valence-electron chi connectivity index (χ2n) is 7.15. The molecule has 26 heavy (non-hydrogen) atoms. The standard InChI is InChI=1S/C19H26N4O2S/c24-19(20-15-5-2-1-3-6-15)23-10-8-22(9-11-23)13-18-21-16(14-26-18)17-7-4-12-25-17/h4,7,12,14-15H,1-3,5-6,8-11,13H2,(H,20,24). The Morgan fingerprint density at radius 1 is 1.23 bits per heavy atom. The molecular weight excluding hydrogens is 348 g/mol. The summed E-state index contributed by atoms with van der Waals surface area (Å²) in [6.45, 7) is 4.20. The lowest BCUT2D eigenvalue weighted by molar-refractivity contribution is 0.132. The highest BCUT2D eigenvalue weighted by Crippen LogP contribution is 2.23. The Hall–Kier alpha value is -1.86. The van der Waals surface area contributed by atoms with E-state index in [9.17, 15) is 4.79 Å². The van der Waals surface area contributed by atoms with Gasteiger partial charge in [0.25, 0.3) is 0 Å². The average molecular weight is 375 g/mol. The summed E-state index contributed by atoms with van der Waals surface area (Å²) >= 11 is 1.67. The number of carbonyl (C=O) groups is 1. The first-order valence-electron chi connectivity index (χ1n) is 9.54. The quantitative estimate of drug-likeness (QED) is 0.889. The first kappa shape index (κ1) is 17.5. The van der Waals surface area contributed by atoms with Gasteiger partial charge in [0.05, 0.1) is 12.8 Å². The number of nitrogens with zero attached hydrogens (tertiary/aromatic N) is 3. The summed E-state index contributed by atoms with van der Waals surface area (Å²) in [7, 11) is 0. The van der Waals surface area contributed by atoms with E-state index in [-0.39, 0.29) is 6.03 Å². The molecule has 0 atom stereocenters. The van der Waals surface area contributed by atoms with Gasteiger partial charge in [0.2, 0.25) is 0 Å². The number of piperazine rings is 1. The number of nitrogens with one attached hydrogen (secondary N) is 1. The monoisotopic (exact) mass is 374 g/mol. The maximum Gasteiger partial charge on any atom is 0.317 e. The lowest BCUT2D eigenvalue weighted by atomic mass is 9.96.